The number of benzene rings is 3. The average Bonchev–Trinajstić information content (AvgIpc) is 2.78. The molecular weight excluding hydrogens is 406 g/mol. The molecule has 30 heavy (non-hydrogen) atoms. The van der Waals surface area contributed by atoms with E-state index in [0.717, 1.165) is 0 Å². The van der Waals surface area contributed by atoms with Crippen LogP contribution in [0.4, 0.5) is 5.69 Å². The highest BCUT2D eigenvalue weighted by Crippen LogP contribution is 2.24. The lowest BCUT2D eigenvalue weighted by atomic mass is 10.1. The van der Waals surface area contributed by atoms with Crippen LogP contribution in [0, 0.1) is 0 Å². The molecule has 1 amide bonds. The van der Waals surface area contributed by atoms with E-state index in [-0.39, 0.29) is 6.61 Å². The summed E-state index contributed by atoms with van der Waals surface area (Å²) in [5.41, 5.74) is 1.08. The minimum atomic E-state index is -1.14. The van der Waals surface area contributed by atoms with Crippen molar-refractivity contribution in [1.82, 2.24) is 0 Å². The monoisotopic (exact) mass is 425 g/mol. The maximum absolute atomic E-state index is 12.8. The number of nitrogens with one attached hydrogen (secondary N) is 1. The highest BCUT2D eigenvalue weighted by atomic mass is 35.5. The number of methoxy groups -OCH3 is 1. The second-order valence-electron chi connectivity index (χ2n) is 6.22. The van der Waals surface area contributed by atoms with Gasteiger partial charge < -0.3 is 19.5 Å². The summed E-state index contributed by atoms with van der Waals surface area (Å²) in [7, 11) is 1.56. The van der Waals surface area contributed by atoms with Crippen molar-refractivity contribution in [3.8, 4) is 11.5 Å². The third-order valence-electron chi connectivity index (χ3n) is 4.13. The van der Waals surface area contributed by atoms with Gasteiger partial charge in [0.05, 0.1) is 12.1 Å². The first kappa shape index (κ1) is 21.2. The summed E-state index contributed by atoms with van der Waals surface area (Å²) >= 11 is 6.02. The number of carbonyl (C=O) groups is 2. The van der Waals surface area contributed by atoms with Crippen molar-refractivity contribution in [2.24, 2.45) is 0 Å². The second kappa shape index (κ2) is 10.3. The summed E-state index contributed by atoms with van der Waals surface area (Å²) in [6.07, 6.45) is -1.14. The summed E-state index contributed by atoms with van der Waals surface area (Å²) < 4.78 is 16.0. The number of amides is 1. The van der Waals surface area contributed by atoms with Crippen molar-refractivity contribution in [2.75, 3.05) is 19.0 Å². The van der Waals surface area contributed by atoms with Gasteiger partial charge in [-0.2, -0.15) is 0 Å². The molecule has 0 radical (unpaired) electrons. The van der Waals surface area contributed by atoms with Gasteiger partial charge in [0.1, 0.15) is 11.5 Å². The maximum atomic E-state index is 12.8. The molecule has 0 bridgehead atoms. The van der Waals surface area contributed by atoms with E-state index in [0.29, 0.717) is 27.8 Å². The molecule has 7 heteroatoms. The fourth-order valence-corrected chi connectivity index (χ4v) is 2.84. The fourth-order valence-electron chi connectivity index (χ4n) is 2.65. The van der Waals surface area contributed by atoms with Crippen LogP contribution in [0.15, 0.2) is 78.9 Å². The molecule has 0 saturated heterocycles. The molecule has 0 fully saturated rings. The number of esters is 1. The van der Waals surface area contributed by atoms with Gasteiger partial charge in [0.2, 0.25) is 6.10 Å². The Morgan fingerprint density at radius 1 is 0.933 bits per heavy atom. The van der Waals surface area contributed by atoms with Crippen molar-refractivity contribution >= 4 is 29.2 Å². The lowest BCUT2D eigenvalue weighted by molar-refractivity contribution is -0.156. The van der Waals surface area contributed by atoms with E-state index >= 15 is 0 Å². The van der Waals surface area contributed by atoms with Crippen LogP contribution in [0.25, 0.3) is 0 Å². The summed E-state index contributed by atoms with van der Waals surface area (Å²) in [6, 6.07) is 22.4. The zero-order valence-corrected chi connectivity index (χ0v) is 17.0. The van der Waals surface area contributed by atoms with E-state index in [4.69, 9.17) is 25.8 Å². The van der Waals surface area contributed by atoms with E-state index < -0.39 is 18.0 Å². The molecule has 0 aromatic heterocycles. The van der Waals surface area contributed by atoms with Crippen LogP contribution in [-0.2, 0) is 14.3 Å². The summed E-state index contributed by atoms with van der Waals surface area (Å²) in [5, 5.41) is 3.12. The Morgan fingerprint density at radius 2 is 1.60 bits per heavy atom. The minimum absolute atomic E-state index is 0.357. The lowest BCUT2D eigenvalue weighted by Crippen LogP contribution is -2.28. The lowest BCUT2D eigenvalue weighted by Gasteiger charge is -2.18. The van der Waals surface area contributed by atoms with Crippen LogP contribution in [0.5, 0.6) is 11.5 Å². The molecular formula is C23H20ClNO5. The van der Waals surface area contributed by atoms with Gasteiger partial charge in [-0.15, -0.1) is 0 Å². The van der Waals surface area contributed by atoms with Crippen LogP contribution in [0.1, 0.15) is 11.7 Å². The molecule has 6 nitrogen and oxygen atoms in total. The molecule has 0 heterocycles. The number of anilines is 1. The first-order chi connectivity index (χ1) is 14.6. The largest absolute Gasteiger partial charge is 0.497 e. The van der Waals surface area contributed by atoms with Crippen LogP contribution in [0.3, 0.4) is 0 Å². The molecule has 0 aliphatic rings. The van der Waals surface area contributed by atoms with Crippen molar-refractivity contribution in [2.45, 2.75) is 6.10 Å². The standard InChI is InChI=1S/C23H20ClNO5/c1-28-18-13-11-17(12-14-18)25-23(27)22(16-7-3-2-4-8-16)30-21(26)15-29-20-10-6-5-9-19(20)24/h2-14,22H,15H2,1H3,(H,25,27). The number of ether oxygens (including phenoxy) is 3. The number of hydrogen-bond acceptors (Lipinski definition) is 5. The zero-order valence-electron chi connectivity index (χ0n) is 16.2. The van der Waals surface area contributed by atoms with Gasteiger partial charge in [0, 0.05) is 11.3 Å². The van der Waals surface area contributed by atoms with Gasteiger partial charge in [-0.05, 0) is 36.4 Å². The number of halogens is 1. The topological polar surface area (TPSA) is 73.9 Å². The van der Waals surface area contributed by atoms with Crippen molar-refractivity contribution in [3.05, 3.63) is 89.4 Å². The quantitative estimate of drug-likeness (QED) is 0.532. The van der Waals surface area contributed by atoms with E-state index in [1.54, 1.807) is 79.9 Å². The number of rotatable bonds is 8. The normalized spacial score (nSPS) is 11.3. The van der Waals surface area contributed by atoms with Gasteiger partial charge in [0.15, 0.2) is 6.61 Å². The Bertz CT molecular complexity index is 992. The number of hydrogen-bond donors (Lipinski definition) is 1. The molecule has 1 atom stereocenters. The van der Waals surface area contributed by atoms with Crippen LogP contribution in [-0.4, -0.2) is 25.6 Å². The number of carbonyl (C=O) groups excluding carboxylic acids is 2. The predicted octanol–water partition coefficient (Wildman–Crippen LogP) is 4.65. The Balaban J connectivity index is 1.69. The average molecular weight is 426 g/mol. The minimum Gasteiger partial charge on any atom is -0.497 e. The molecule has 0 saturated carbocycles. The summed E-state index contributed by atoms with van der Waals surface area (Å²) in [4.78, 5) is 25.2. The fraction of sp³-hybridized carbons (Fsp3) is 0.130. The zero-order chi connectivity index (χ0) is 21.3. The van der Waals surface area contributed by atoms with E-state index in [2.05, 4.69) is 5.32 Å². The highest BCUT2D eigenvalue weighted by molar-refractivity contribution is 6.32. The van der Waals surface area contributed by atoms with E-state index in [1.807, 2.05) is 6.07 Å². The van der Waals surface area contributed by atoms with Crippen molar-refractivity contribution < 1.29 is 23.8 Å². The number of para-hydroxylation sites is 1. The SMILES string of the molecule is COc1ccc(NC(=O)C(OC(=O)COc2ccccc2Cl)c2ccccc2)cc1. The highest BCUT2D eigenvalue weighted by Gasteiger charge is 2.25. The van der Waals surface area contributed by atoms with Crippen LogP contribution in [0.2, 0.25) is 5.02 Å². The predicted molar refractivity (Wildman–Crippen MR) is 114 cm³/mol. The van der Waals surface area contributed by atoms with Crippen LogP contribution >= 0.6 is 11.6 Å². The van der Waals surface area contributed by atoms with Crippen molar-refractivity contribution in [1.29, 1.82) is 0 Å². The molecule has 1 N–H and O–H groups in total. The second-order valence-corrected chi connectivity index (χ2v) is 6.62. The Kier molecular flexibility index (Phi) is 7.29. The van der Waals surface area contributed by atoms with Crippen molar-refractivity contribution in [3.63, 3.8) is 0 Å². The molecule has 154 valence electrons. The summed E-state index contributed by atoms with van der Waals surface area (Å²) in [5.74, 6) is -0.170. The third-order valence-corrected chi connectivity index (χ3v) is 4.44. The molecule has 3 rings (SSSR count). The molecule has 0 aliphatic heterocycles. The van der Waals surface area contributed by atoms with Gasteiger partial charge in [-0.3, -0.25) is 4.79 Å². The summed E-state index contributed by atoms with van der Waals surface area (Å²) in [6.45, 7) is -0.386. The van der Waals surface area contributed by atoms with Gasteiger partial charge in [-0.1, -0.05) is 54.1 Å². The molecule has 0 aliphatic carbocycles. The van der Waals surface area contributed by atoms with Crippen LogP contribution < -0.4 is 14.8 Å². The smallest absolute Gasteiger partial charge is 0.345 e. The first-order valence-electron chi connectivity index (χ1n) is 9.13. The van der Waals surface area contributed by atoms with Gasteiger partial charge in [-0.25, -0.2) is 4.79 Å². The Labute approximate surface area is 179 Å². The Hall–Kier alpha value is -3.51. The molecule has 0 spiro atoms. The third kappa shape index (κ3) is 5.75. The Morgan fingerprint density at radius 3 is 2.27 bits per heavy atom. The molecule has 3 aromatic rings. The first-order valence-corrected chi connectivity index (χ1v) is 9.51. The van der Waals surface area contributed by atoms with E-state index in [9.17, 15) is 9.59 Å². The molecule has 3 aromatic carbocycles. The van der Waals surface area contributed by atoms with E-state index in [1.165, 1.54) is 0 Å². The van der Waals surface area contributed by atoms with Gasteiger partial charge in [0.25, 0.3) is 5.91 Å². The molecule has 1 unspecified atom stereocenters. The maximum Gasteiger partial charge on any atom is 0.345 e. The van der Waals surface area contributed by atoms with Gasteiger partial charge >= 0.3 is 5.97 Å².